The molecule has 2 N–H and O–H groups in total. The van der Waals surface area contributed by atoms with Gasteiger partial charge in [-0.15, -0.1) is 11.8 Å². The lowest BCUT2D eigenvalue weighted by molar-refractivity contribution is -0.131. The fourth-order valence-electron chi connectivity index (χ4n) is 1.78. The van der Waals surface area contributed by atoms with Crippen molar-refractivity contribution in [3.8, 4) is 0 Å². The molecule has 3 nitrogen and oxygen atoms in total. The molecule has 0 aromatic heterocycles. The summed E-state index contributed by atoms with van der Waals surface area (Å²) in [5, 5.41) is 0. The van der Waals surface area contributed by atoms with Crippen molar-refractivity contribution in [3.63, 3.8) is 0 Å². The number of thioether (sulfide) groups is 1. The Labute approximate surface area is 100.0 Å². The van der Waals surface area contributed by atoms with Crippen LogP contribution in [0.5, 0.6) is 0 Å². The predicted octanol–water partition coefficient (Wildman–Crippen LogP) is 1.09. The fraction of sp³-hybridized carbons (Fsp3) is 0.417. The molecule has 1 amide bonds. The van der Waals surface area contributed by atoms with Crippen LogP contribution >= 0.6 is 11.8 Å². The van der Waals surface area contributed by atoms with Gasteiger partial charge in [0, 0.05) is 12.3 Å². The molecule has 16 heavy (non-hydrogen) atoms. The van der Waals surface area contributed by atoms with Crippen molar-refractivity contribution in [3.05, 3.63) is 35.9 Å². The molecule has 1 atom stereocenters. The van der Waals surface area contributed by atoms with Crippen LogP contribution in [0.15, 0.2) is 30.3 Å². The molecule has 1 saturated heterocycles. The van der Waals surface area contributed by atoms with E-state index in [0.29, 0.717) is 6.42 Å². The van der Waals surface area contributed by atoms with E-state index in [2.05, 4.69) is 0 Å². The molecule has 1 aromatic carbocycles. The van der Waals surface area contributed by atoms with Crippen molar-refractivity contribution in [1.29, 1.82) is 0 Å². The zero-order valence-corrected chi connectivity index (χ0v) is 9.95. The lowest BCUT2D eigenvalue weighted by Gasteiger charge is -2.19. The Bertz CT molecular complexity index is 349. The van der Waals surface area contributed by atoms with E-state index >= 15 is 0 Å². The van der Waals surface area contributed by atoms with Gasteiger partial charge in [0.15, 0.2) is 0 Å². The highest BCUT2D eigenvalue weighted by atomic mass is 32.2. The minimum Gasteiger partial charge on any atom is -0.331 e. The molecular formula is C12H16N2OS. The van der Waals surface area contributed by atoms with Crippen LogP contribution in [0.2, 0.25) is 0 Å². The lowest BCUT2D eigenvalue weighted by Crippen LogP contribution is -2.43. The van der Waals surface area contributed by atoms with Crippen LogP contribution in [0, 0.1) is 0 Å². The molecule has 1 aromatic rings. The number of nitrogens with zero attached hydrogens (tertiary/aromatic N) is 1. The highest BCUT2D eigenvalue weighted by Gasteiger charge is 2.23. The molecule has 4 heteroatoms. The number of rotatable bonds is 3. The van der Waals surface area contributed by atoms with E-state index in [1.807, 2.05) is 35.2 Å². The van der Waals surface area contributed by atoms with Gasteiger partial charge in [0.05, 0.1) is 11.9 Å². The molecule has 0 radical (unpaired) electrons. The topological polar surface area (TPSA) is 46.3 Å². The summed E-state index contributed by atoms with van der Waals surface area (Å²) in [5.74, 6) is 1.90. The molecular weight excluding hydrogens is 220 g/mol. The van der Waals surface area contributed by atoms with Crippen LogP contribution in [0.1, 0.15) is 5.56 Å². The molecule has 86 valence electrons. The number of hydrogen-bond donors (Lipinski definition) is 1. The molecule has 0 saturated carbocycles. The molecule has 0 unspecified atom stereocenters. The molecule has 1 fully saturated rings. The van der Waals surface area contributed by atoms with Gasteiger partial charge in [-0.1, -0.05) is 30.3 Å². The summed E-state index contributed by atoms with van der Waals surface area (Å²) < 4.78 is 0. The standard InChI is InChI=1S/C12H16N2OS/c13-11(8-10-4-2-1-3-5-10)12(15)14-6-7-16-9-14/h1-5,11H,6-9,13H2/t11-/m0/s1. The summed E-state index contributed by atoms with van der Waals surface area (Å²) in [6, 6.07) is 9.52. The van der Waals surface area contributed by atoms with Gasteiger partial charge in [0.1, 0.15) is 0 Å². The van der Waals surface area contributed by atoms with E-state index in [0.717, 1.165) is 23.7 Å². The Morgan fingerprint density at radius 1 is 1.44 bits per heavy atom. The van der Waals surface area contributed by atoms with Gasteiger partial charge in [0.2, 0.25) is 5.91 Å². The number of carbonyl (C=O) groups is 1. The molecule has 1 heterocycles. The molecule has 0 bridgehead atoms. The first-order valence-electron chi connectivity index (χ1n) is 5.43. The van der Waals surface area contributed by atoms with Crippen LogP contribution in [0.4, 0.5) is 0 Å². The zero-order valence-electron chi connectivity index (χ0n) is 9.13. The monoisotopic (exact) mass is 236 g/mol. The van der Waals surface area contributed by atoms with E-state index in [1.165, 1.54) is 0 Å². The van der Waals surface area contributed by atoms with Gasteiger partial charge < -0.3 is 10.6 Å². The van der Waals surface area contributed by atoms with Gasteiger partial charge in [-0.05, 0) is 12.0 Å². The Kier molecular flexibility index (Phi) is 3.85. The maximum Gasteiger partial charge on any atom is 0.240 e. The summed E-state index contributed by atoms with van der Waals surface area (Å²) in [5.41, 5.74) is 7.05. The first-order chi connectivity index (χ1) is 7.77. The first-order valence-corrected chi connectivity index (χ1v) is 6.59. The minimum absolute atomic E-state index is 0.0776. The summed E-state index contributed by atoms with van der Waals surface area (Å²) in [6.45, 7) is 0.839. The van der Waals surface area contributed by atoms with Crippen LogP contribution in [0.25, 0.3) is 0 Å². The molecule has 1 aliphatic rings. The number of hydrogen-bond acceptors (Lipinski definition) is 3. The van der Waals surface area contributed by atoms with E-state index < -0.39 is 6.04 Å². The Morgan fingerprint density at radius 3 is 2.81 bits per heavy atom. The van der Waals surface area contributed by atoms with Crippen molar-refractivity contribution in [1.82, 2.24) is 4.90 Å². The third kappa shape index (κ3) is 2.77. The van der Waals surface area contributed by atoms with Gasteiger partial charge in [-0.3, -0.25) is 4.79 Å². The van der Waals surface area contributed by atoms with Gasteiger partial charge >= 0.3 is 0 Å². The van der Waals surface area contributed by atoms with E-state index in [9.17, 15) is 4.79 Å². The quantitative estimate of drug-likeness (QED) is 0.854. The second kappa shape index (κ2) is 5.37. The molecule has 1 aliphatic heterocycles. The zero-order chi connectivity index (χ0) is 11.4. The smallest absolute Gasteiger partial charge is 0.240 e. The molecule has 0 spiro atoms. The normalized spacial score (nSPS) is 17.4. The highest BCUT2D eigenvalue weighted by Crippen LogP contribution is 2.14. The van der Waals surface area contributed by atoms with Crippen LogP contribution in [-0.2, 0) is 11.2 Å². The van der Waals surface area contributed by atoms with Gasteiger partial charge in [0.25, 0.3) is 0 Å². The minimum atomic E-state index is -0.402. The van der Waals surface area contributed by atoms with E-state index in [-0.39, 0.29) is 5.91 Å². The Hall–Kier alpha value is -1.00. The third-order valence-corrected chi connectivity index (χ3v) is 3.65. The largest absolute Gasteiger partial charge is 0.331 e. The predicted molar refractivity (Wildman–Crippen MR) is 67.2 cm³/mol. The van der Waals surface area contributed by atoms with Crippen LogP contribution in [-0.4, -0.2) is 35.0 Å². The highest BCUT2D eigenvalue weighted by molar-refractivity contribution is 7.99. The van der Waals surface area contributed by atoms with Crippen LogP contribution in [0.3, 0.4) is 0 Å². The second-order valence-electron chi connectivity index (χ2n) is 3.94. The SMILES string of the molecule is N[C@@H](Cc1ccccc1)C(=O)N1CCSC1. The molecule has 0 aliphatic carbocycles. The average molecular weight is 236 g/mol. The van der Waals surface area contributed by atoms with Crippen LogP contribution < -0.4 is 5.73 Å². The Balaban J connectivity index is 1.92. The maximum atomic E-state index is 11.9. The van der Waals surface area contributed by atoms with Crippen molar-refractivity contribution in [2.45, 2.75) is 12.5 Å². The summed E-state index contributed by atoms with van der Waals surface area (Å²) >= 11 is 1.78. The average Bonchev–Trinajstić information content (AvgIpc) is 2.83. The Morgan fingerprint density at radius 2 is 2.19 bits per heavy atom. The summed E-state index contributed by atoms with van der Waals surface area (Å²) in [7, 11) is 0. The fourth-order valence-corrected chi connectivity index (χ4v) is 2.73. The number of amides is 1. The van der Waals surface area contributed by atoms with Crippen molar-refractivity contribution in [2.75, 3.05) is 18.2 Å². The number of nitrogens with two attached hydrogens (primary N) is 1. The first kappa shape index (κ1) is 11.5. The van der Waals surface area contributed by atoms with Gasteiger partial charge in [-0.25, -0.2) is 0 Å². The second-order valence-corrected chi connectivity index (χ2v) is 5.01. The lowest BCUT2D eigenvalue weighted by atomic mass is 10.1. The van der Waals surface area contributed by atoms with Crippen molar-refractivity contribution >= 4 is 17.7 Å². The number of carbonyl (C=O) groups excluding carboxylic acids is 1. The van der Waals surface area contributed by atoms with E-state index in [4.69, 9.17) is 5.73 Å². The maximum absolute atomic E-state index is 11.9. The van der Waals surface area contributed by atoms with Gasteiger partial charge in [-0.2, -0.15) is 0 Å². The molecule has 2 rings (SSSR count). The van der Waals surface area contributed by atoms with Crippen molar-refractivity contribution in [2.24, 2.45) is 5.73 Å². The number of benzene rings is 1. The van der Waals surface area contributed by atoms with Crippen molar-refractivity contribution < 1.29 is 4.79 Å². The summed E-state index contributed by atoms with van der Waals surface area (Å²) in [4.78, 5) is 13.8. The third-order valence-electron chi connectivity index (χ3n) is 2.68. The summed E-state index contributed by atoms with van der Waals surface area (Å²) in [6.07, 6.45) is 0.626. The van der Waals surface area contributed by atoms with E-state index in [1.54, 1.807) is 11.8 Å².